The van der Waals surface area contributed by atoms with Crippen LogP contribution in [0.2, 0.25) is 5.02 Å². The molecule has 0 unspecified atom stereocenters. The summed E-state index contributed by atoms with van der Waals surface area (Å²) in [6.07, 6.45) is 0. The van der Waals surface area contributed by atoms with Gasteiger partial charge >= 0.3 is 0 Å². The first-order valence-corrected chi connectivity index (χ1v) is 5.82. The predicted molar refractivity (Wildman–Crippen MR) is 72.2 cm³/mol. The van der Waals surface area contributed by atoms with E-state index in [1.165, 1.54) is 6.07 Å². The zero-order valence-electron chi connectivity index (χ0n) is 9.77. The van der Waals surface area contributed by atoms with Crippen molar-refractivity contribution < 1.29 is 9.90 Å². The summed E-state index contributed by atoms with van der Waals surface area (Å²) in [6.45, 7) is 1.74. The standard InChI is InChI=1S/C14H12ClNO2/c1-9-11(15)7-8-12(17)13(9)16-14(18)10-5-3-2-4-6-10/h2-8,17H,1H3,(H,16,18). The number of phenolic OH excluding ortho intramolecular Hbond substituents is 1. The molecule has 0 radical (unpaired) electrons. The van der Waals surface area contributed by atoms with Gasteiger partial charge in [0.1, 0.15) is 5.75 Å². The zero-order valence-corrected chi connectivity index (χ0v) is 10.5. The Kier molecular flexibility index (Phi) is 3.53. The van der Waals surface area contributed by atoms with Crippen molar-refractivity contribution in [3.8, 4) is 5.75 Å². The lowest BCUT2D eigenvalue weighted by molar-refractivity contribution is 0.102. The summed E-state index contributed by atoms with van der Waals surface area (Å²) in [5.74, 6) is -0.280. The Hall–Kier alpha value is -2.00. The predicted octanol–water partition coefficient (Wildman–Crippen LogP) is 3.61. The Morgan fingerprint density at radius 1 is 1.17 bits per heavy atom. The third-order valence-electron chi connectivity index (χ3n) is 2.65. The molecule has 2 aromatic carbocycles. The Labute approximate surface area is 110 Å². The van der Waals surface area contributed by atoms with Gasteiger partial charge < -0.3 is 10.4 Å². The van der Waals surface area contributed by atoms with Crippen LogP contribution >= 0.6 is 11.6 Å². The summed E-state index contributed by atoms with van der Waals surface area (Å²) < 4.78 is 0. The smallest absolute Gasteiger partial charge is 0.255 e. The van der Waals surface area contributed by atoms with E-state index >= 15 is 0 Å². The molecule has 0 spiro atoms. The van der Waals surface area contributed by atoms with Crippen LogP contribution in [-0.4, -0.2) is 11.0 Å². The van der Waals surface area contributed by atoms with E-state index in [9.17, 15) is 9.90 Å². The molecule has 4 heteroatoms. The highest BCUT2D eigenvalue weighted by molar-refractivity contribution is 6.32. The van der Waals surface area contributed by atoms with Gasteiger partial charge in [0, 0.05) is 10.6 Å². The van der Waals surface area contributed by atoms with Gasteiger partial charge in [0.25, 0.3) is 5.91 Å². The van der Waals surface area contributed by atoms with Crippen LogP contribution in [0.1, 0.15) is 15.9 Å². The highest BCUT2D eigenvalue weighted by Gasteiger charge is 2.12. The van der Waals surface area contributed by atoms with E-state index in [0.29, 0.717) is 21.8 Å². The number of rotatable bonds is 2. The summed E-state index contributed by atoms with van der Waals surface area (Å²) >= 11 is 5.95. The van der Waals surface area contributed by atoms with Crippen molar-refractivity contribution in [3.63, 3.8) is 0 Å². The van der Waals surface area contributed by atoms with Gasteiger partial charge in [0.2, 0.25) is 0 Å². The first-order valence-electron chi connectivity index (χ1n) is 5.44. The normalized spacial score (nSPS) is 10.1. The molecule has 2 rings (SSSR count). The summed E-state index contributed by atoms with van der Waals surface area (Å²) in [7, 11) is 0. The fourth-order valence-corrected chi connectivity index (χ4v) is 1.76. The van der Waals surface area contributed by atoms with Gasteiger partial charge in [0.15, 0.2) is 0 Å². The molecule has 0 bridgehead atoms. The van der Waals surface area contributed by atoms with Gasteiger partial charge in [-0.2, -0.15) is 0 Å². The minimum Gasteiger partial charge on any atom is -0.506 e. The number of hydrogen-bond acceptors (Lipinski definition) is 2. The van der Waals surface area contributed by atoms with Crippen LogP contribution in [0.4, 0.5) is 5.69 Å². The number of hydrogen-bond donors (Lipinski definition) is 2. The Balaban J connectivity index is 2.30. The topological polar surface area (TPSA) is 49.3 Å². The van der Waals surface area contributed by atoms with E-state index in [-0.39, 0.29) is 11.7 Å². The van der Waals surface area contributed by atoms with Gasteiger partial charge in [-0.15, -0.1) is 0 Å². The first kappa shape index (κ1) is 12.5. The monoisotopic (exact) mass is 261 g/mol. The molecule has 0 aliphatic rings. The fourth-order valence-electron chi connectivity index (χ4n) is 1.60. The zero-order chi connectivity index (χ0) is 13.1. The molecule has 18 heavy (non-hydrogen) atoms. The number of anilines is 1. The van der Waals surface area contributed by atoms with E-state index in [1.54, 1.807) is 37.3 Å². The highest BCUT2D eigenvalue weighted by Crippen LogP contribution is 2.32. The molecule has 0 fully saturated rings. The van der Waals surface area contributed by atoms with Crippen molar-refractivity contribution in [1.82, 2.24) is 0 Å². The minimum atomic E-state index is -0.281. The molecule has 0 aliphatic heterocycles. The molecule has 2 aromatic rings. The Morgan fingerprint density at radius 3 is 2.50 bits per heavy atom. The van der Waals surface area contributed by atoms with Crippen LogP contribution in [-0.2, 0) is 0 Å². The molecule has 0 aromatic heterocycles. The molecular formula is C14H12ClNO2. The first-order chi connectivity index (χ1) is 8.59. The number of aromatic hydroxyl groups is 1. The molecule has 0 atom stereocenters. The lowest BCUT2D eigenvalue weighted by Gasteiger charge is -2.11. The van der Waals surface area contributed by atoms with E-state index in [2.05, 4.69) is 5.32 Å². The maximum atomic E-state index is 12.0. The minimum absolute atomic E-state index is 0.00109. The van der Waals surface area contributed by atoms with Crippen molar-refractivity contribution in [2.45, 2.75) is 6.92 Å². The Bertz CT molecular complexity index is 582. The van der Waals surface area contributed by atoms with E-state index in [1.807, 2.05) is 6.07 Å². The molecule has 92 valence electrons. The van der Waals surface area contributed by atoms with Crippen LogP contribution in [0, 0.1) is 6.92 Å². The summed E-state index contributed by atoms with van der Waals surface area (Å²) in [5.41, 5.74) is 1.51. The maximum absolute atomic E-state index is 12.0. The number of benzene rings is 2. The number of carbonyl (C=O) groups excluding carboxylic acids is 1. The fraction of sp³-hybridized carbons (Fsp3) is 0.0714. The largest absolute Gasteiger partial charge is 0.506 e. The third-order valence-corrected chi connectivity index (χ3v) is 3.06. The Morgan fingerprint density at radius 2 is 1.83 bits per heavy atom. The SMILES string of the molecule is Cc1c(Cl)ccc(O)c1NC(=O)c1ccccc1. The summed E-state index contributed by atoms with van der Waals surface area (Å²) in [6, 6.07) is 11.8. The second-order valence-electron chi connectivity index (χ2n) is 3.89. The van der Waals surface area contributed by atoms with Crippen LogP contribution in [0.15, 0.2) is 42.5 Å². The lowest BCUT2D eigenvalue weighted by Crippen LogP contribution is -2.12. The number of nitrogens with one attached hydrogen (secondary N) is 1. The van der Waals surface area contributed by atoms with E-state index < -0.39 is 0 Å². The molecular weight excluding hydrogens is 250 g/mol. The van der Waals surface area contributed by atoms with Crippen molar-refractivity contribution in [3.05, 3.63) is 58.6 Å². The molecule has 2 N–H and O–H groups in total. The van der Waals surface area contributed by atoms with Crippen molar-refractivity contribution in [2.24, 2.45) is 0 Å². The van der Waals surface area contributed by atoms with Crippen LogP contribution in [0.5, 0.6) is 5.75 Å². The van der Waals surface area contributed by atoms with Crippen LogP contribution in [0.25, 0.3) is 0 Å². The van der Waals surface area contributed by atoms with Crippen LogP contribution in [0.3, 0.4) is 0 Å². The van der Waals surface area contributed by atoms with E-state index in [4.69, 9.17) is 11.6 Å². The quantitative estimate of drug-likeness (QED) is 0.812. The number of amides is 1. The highest BCUT2D eigenvalue weighted by atomic mass is 35.5. The van der Waals surface area contributed by atoms with Gasteiger partial charge in [-0.05, 0) is 36.8 Å². The molecule has 0 aliphatic carbocycles. The van der Waals surface area contributed by atoms with Crippen molar-refractivity contribution in [1.29, 1.82) is 0 Å². The second-order valence-corrected chi connectivity index (χ2v) is 4.29. The van der Waals surface area contributed by atoms with Crippen molar-refractivity contribution in [2.75, 3.05) is 5.32 Å². The van der Waals surface area contributed by atoms with Gasteiger partial charge in [-0.3, -0.25) is 4.79 Å². The third kappa shape index (κ3) is 2.46. The molecule has 3 nitrogen and oxygen atoms in total. The second kappa shape index (κ2) is 5.10. The average Bonchev–Trinajstić information content (AvgIpc) is 2.40. The van der Waals surface area contributed by atoms with Gasteiger partial charge in [0.05, 0.1) is 5.69 Å². The van der Waals surface area contributed by atoms with Crippen molar-refractivity contribution >= 4 is 23.2 Å². The average molecular weight is 262 g/mol. The molecule has 0 saturated carbocycles. The lowest BCUT2D eigenvalue weighted by atomic mass is 10.1. The van der Waals surface area contributed by atoms with Crippen LogP contribution < -0.4 is 5.32 Å². The number of phenols is 1. The maximum Gasteiger partial charge on any atom is 0.255 e. The summed E-state index contributed by atoms with van der Waals surface area (Å²) in [5, 5.41) is 12.9. The molecule has 1 amide bonds. The van der Waals surface area contributed by atoms with E-state index in [0.717, 1.165) is 0 Å². The van der Waals surface area contributed by atoms with Gasteiger partial charge in [-0.25, -0.2) is 0 Å². The van der Waals surface area contributed by atoms with Gasteiger partial charge in [-0.1, -0.05) is 29.8 Å². The number of halogens is 1. The molecule has 0 saturated heterocycles. The summed E-state index contributed by atoms with van der Waals surface area (Å²) in [4.78, 5) is 12.0. The number of carbonyl (C=O) groups is 1. The molecule has 0 heterocycles.